The van der Waals surface area contributed by atoms with E-state index in [-0.39, 0.29) is 0 Å². The molecule has 2 heterocycles. The Bertz CT molecular complexity index is 575. The Kier molecular flexibility index (Phi) is 3.85. The first kappa shape index (κ1) is 13.3. The van der Waals surface area contributed by atoms with E-state index < -0.39 is 0 Å². The number of fused-ring (bicyclic) bond motifs is 1. The zero-order valence-electron chi connectivity index (χ0n) is 12.0. The highest BCUT2D eigenvalue weighted by molar-refractivity contribution is 5.32. The maximum absolute atomic E-state index is 6.03. The van der Waals surface area contributed by atoms with E-state index >= 15 is 0 Å². The third-order valence-electron chi connectivity index (χ3n) is 4.32. The van der Waals surface area contributed by atoms with Gasteiger partial charge < -0.3 is 5.73 Å². The summed E-state index contributed by atoms with van der Waals surface area (Å²) in [7, 11) is 2.00. The topological polar surface area (TPSA) is 47.1 Å². The van der Waals surface area contributed by atoms with Crippen molar-refractivity contribution in [2.24, 2.45) is 12.8 Å². The van der Waals surface area contributed by atoms with Gasteiger partial charge in [-0.2, -0.15) is 5.10 Å². The number of benzene rings is 1. The molecule has 0 amide bonds. The van der Waals surface area contributed by atoms with E-state index in [1.807, 2.05) is 17.9 Å². The van der Waals surface area contributed by atoms with Gasteiger partial charge in [0.15, 0.2) is 0 Å². The van der Waals surface area contributed by atoms with Crippen LogP contribution < -0.4 is 5.73 Å². The summed E-state index contributed by atoms with van der Waals surface area (Å²) >= 11 is 0. The van der Waals surface area contributed by atoms with Crippen LogP contribution in [-0.4, -0.2) is 34.3 Å². The molecule has 1 unspecified atom stereocenters. The van der Waals surface area contributed by atoms with E-state index in [4.69, 9.17) is 5.73 Å². The number of aryl methyl sites for hydroxylation is 1. The first-order valence-corrected chi connectivity index (χ1v) is 7.28. The number of nitrogens with two attached hydrogens (primary N) is 1. The lowest BCUT2D eigenvalue weighted by atomic mass is 9.92. The molecule has 0 aliphatic carbocycles. The molecular weight excluding hydrogens is 248 g/mol. The van der Waals surface area contributed by atoms with Crippen LogP contribution in [0.1, 0.15) is 22.9 Å². The molecule has 1 atom stereocenters. The fourth-order valence-corrected chi connectivity index (χ4v) is 3.15. The predicted octanol–water partition coefficient (Wildman–Crippen LogP) is 1.52. The van der Waals surface area contributed by atoms with Crippen molar-refractivity contribution in [3.8, 4) is 0 Å². The zero-order chi connectivity index (χ0) is 13.9. The van der Waals surface area contributed by atoms with Crippen LogP contribution in [0.5, 0.6) is 0 Å². The van der Waals surface area contributed by atoms with Gasteiger partial charge in [-0.25, -0.2) is 0 Å². The monoisotopic (exact) mass is 270 g/mol. The van der Waals surface area contributed by atoms with E-state index in [9.17, 15) is 0 Å². The highest BCUT2D eigenvalue weighted by Crippen LogP contribution is 2.28. The number of rotatable bonds is 4. The molecule has 1 aliphatic heterocycles. The highest BCUT2D eigenvalue weighted by atomic mass is 15.3. The summed E-state index contributed by atoms with van der Waals surface area (Å²) in [5.74, 6) is 0. The Morgan fingerprint density at radius 1 is 1.30 bits per heavy atom. The lowest BCUT2D eigenvalue weighted by Gasteiger charge is -2.36. The normalized spacial score (nSPS) is 19.0. The van der Waals surface area contributed by atoms with E-state index in [1.54, 1.807) is 0 Å². The molecule has 0 bridgehead atoms. The number of aromatic nitrogens is 2. The number of hydrogen-bond donors (Lipinski definition) is 1. The molecule has 1 aromatic heterocycles. The molecular formula is C16H22N4. The second-order valence-electron chi connectivity index (χ2n) is 5.43. The van der Waals surface area contributed by atoms with Crippen LogP contribution in [0, 0.1) is 0 Å². The SMILES string of the molecule is Cn1nccc1CCN1CCc2ccccc2C1CN. The highest BCUT2D eigenvalue weighted by Gasteiger charge is 2.25. The number of hydrogen-bond acceptors (Lipinski definition) is 3. The molecule has 106 valence electrons. The van der Waals surface area contributed by atoms with Crippen molar-refractivity contribution in [3.05, 3.63) is 53.3 Å². The molecule has 4 heteroatoms. The van der Waals surface area contributed by atoms with Gasteiger partial charge in [-0.1, -0.05) is 24.3 Å². The van der Waals surface area contributed by atoms with E-state index in [0.29, 0.717) is 12.6 Å². The fraction of sp³-hybridized carbons (Fsp3) is 0.438. The Balaban J connectivity index is 1.73. The molecule has 1 aliphatic rings. The second-order valence-corrected chi connectivity index (χ2v) is 5.43. The van der Waals surface area contributed by atoms with Crippen molar-refractivity contribution in [2.75, 3.05) is 19.6 Å². The summed E-state index contributed by atoms with van der Waals surface area (Å²) in [5, 5.41) is 4.23. The van der Waals surface area contributed by atoms with E-state index in [2.05, 4.69) is 40.3 Å². The van der Waals surface area contributed by atoms with Crippen LogP contribution in [0.3, 0.4) is 0 Å². The summed E-state index contributed by atoms with van der Waals surface area (Å²) in [6, 6.07) is 11.1. The summed E-state index contributed by atoms with van der Waals surface area (Å²) in [6.45, 7) is 2.81. The Labute approximate surface area is 120 Å². The smallest absolute Gasteiger partial charge is 0.0492 e. The van der Waals surface area contributed by atoms with Crippen molar-refractivity contribution in [1.82, 2.24) is 14.7 Å². The minimum atomic E-state index is 0.355. The third-order valence-corrected chi connectivity index (χ3v) is 4.32. The molecule has 1 aromatic carbocycles. The van der Waals surface area contributed by atoms with Crippen LogP contribution >= 0.6 is 0 Å². The van der Waals surface area contributed by atoms with Crippen LogP contribution in [-0.2, 0) is 19.9 Å². The summed E-state index contributed by atoms with van der Waals surface area (Å²) in [5.41, 5.74) is 10.2. The average Bonchev–Trinajstić information content (AvgIpc) is 2.89. The molecule has 0 fully saturated rings. The molecule has 0 saturated heterocycles. The maximum atomic E-state index is 6.03. The largest absolute Gasteiger partial charge is 0.329 e. The molecule has 3 rings (SSSR count). The maximum Gasteiger partial charge on any atom is 0.0492 e. The van der Waals surface area contributed by atoms with Crippen molar-refractivity contribution in [3.63, 3.8) is 0 Å². The van der Waals surface area contributed by atoms with Gasteiger partial charge in [0.1, 0.15) is 0 Å². The average molecular weight is 270 g/mol. The molecule has 0 spiro atoms. The standard InChI is InChI=1S/C16H22N4/c1-19-14(6-9-18-19)8-11-20-10-7-13-4-2-3-5-15(13)16(20)12-17/h2-6,9,16H,7-8,10-12,17H2,1H3. The lowest BCUT2D eigenvalue weighted by molar-refractivity contribution is 0.191. The van der Waals surface area contributed by atoms with Crippen LogP contribution in [0.15, 0.2) is 36.5 Å². The molecule has 4 nitrogen and oxygen atoms in total. The molecule has 2 aromatic rings. The summed E-state index contributed by atoms with van der Waals surface area (Å²) < 4.78 is 1.95. The van der Waals surface area contributed by atoms with Gasteiger partial charge in [0.05, 0.1) is 0 Å². The minimum absolute atomic E-state index is 0.355. The summed E-state index contributed by atoms with van der Waals surface area (Å²) in [6.07, 6.45) is 4.01. The van der Waals surface area contributed by atoms with Crippen molar-refractivity contribution in [1.29, 1.82) is 0 Å². The van der Waals surface area contributed by atoms with Crippen molar-refractivity contribution >= 4 is 0 Å². The molecule has 0 radical (unpaired) electrons. The van der Waals surface area contributed by atoms with Gasteiger partial charge in [0, 0.05) is 51.0 Å². The van der Waals surface area contributed by atoms with Gasteiger partial charge in [-0.3, -0.25) is 9.58 Å². The summed E-state index contributed by atoms with van der Waals surface area (Å²) in [4.78, 5) is 2.51. The van der Waals surface area contributed by atoms with Crippen molar-refractivity contribution in [2.45, 2.75) is 18.9 Å². The Morgan fingerprint density at radius 3 is 2.90 bits per heavy atom. The Morgan fingerprint density at radius 2 is 2.15 bits per heavy atom. The fourth-order valence-electron chi connectivity index (χ4n) is 3.15. The third kappa shape index (κ3) is 2.49. The van der Waals surface area contributed by atoms with Gasteiger partial charge in [0.2, 0.25) is 0 Å². The van der Waals surface area contributed by atoms with Crippen molar-refractivity contribution < 1.29 is 0 Å². The van der Waals surface area contributed by atoms with E-state index in [0.717, 1.165) is 25.9 Å². The lowest BCUT2D eigenvalue weighted by Crippen LogP contribution is -2.40. The van der Waals surface area contributed by atoms with Crippen LogP contribution in [0.25, 0.3) is 0 Å². The minimum Gasteiger partial charge on any atom is -0.329 e. The second kappa shape index (κ2) is 5.77. The quantitative estimate of drug-likeness (QED) is 0.916. The van der Waals surface area contributed by atoms with E-state index in [1.165, 1.54) is 16.8 Å². The molecule has 0 saturated carbocycles. The van der Waals surface area contributed by atoms with Gasteiger partial charge >= 0.3 is 0 Å². The predicted molar refractivity (Wildman–Crippen MR) is 80.4 cm³/mol. The zero-order valence-corrected chi connectivity index (χ0v) is 12.0. The molecule has 2 N–H and O–H groups in total. The van der Waals surface area contributed by atoms with Crippen LogP contribution in [0.4, 0.5) is 0 Å². The number of nitrogens with zero attached hydrogens (tertiary/aromatic N) is 3. The Hall–Kier alpha value is -1.65. The molecule has 20 heavy (non-hydrogen) atoms. The van der Waals surface area contributed by atoms with Gasteiger partial charge in [-0.15, -0.1) is 0 Å². The van der Waals surface area contributed by atoms with Gasteiger partial charge in [0.25, 0.3) is 0 Å². The van der Waals surface area contributed by atoms with Crippen LogP contribution in [0.2, 0.25) is 0 Å². The van der Waals surface area contributed by atoms with Gasteiger partial charge in [-0.05, 0) is 23.6 Å². The first-order chi connectivity index (χ1) is 9.79. The first-order valence-electron chi connectivity index (χ1n) is 7.28.